The summed E-state index contributed by atoms with van der Waals surface area (Å²) in [5.74, 6) is -1.95. The number of aromatic nitrogens is 2. The van der Waals surface area contributed by atoms with Crippen LogP contribution in [0.25, 0.3) is 0 Å². The van der Waals surface area contributed by atoms with E-state index in [1.807, 2.05) is 0 Å². The van der Waals surface area contributed by atoms with E-state index < -0.39 is 17.9 Å². The second-order valence-electron chi connectivity index (χ2n) is 2.85. The molecule has 0 aliphatic heterocycles. The molecule has 0 atom stereocenters. The number of aromatic amines is 1. The first kappa shape index (κ1) is 15.4. The fourth-order valence-corrected chi connectivity index (χ4v) is 0.887. The van der Waals surface area contributed by atoms with Crippen molar-refractivity contribution in [3.63, 3.8) is 0 Å². The van der Waals surface area contributed by atoms with Gasteiger partial charge >= 0.3 is 17.9 Å². The molecule has 17 heavy (non-hydrogen) atoms. The van der Waals surface area contributed by atoms with Crippen molar-refractivity contribution in [2.24, 2.45) is 0 Å². The second-order valence-corrected chi connectivity index (χ2v) is 2.85. The maximum atomic E-state index is 11.1. The van der Waals surface area contributed by atoms with Crippen LogP contribution < -0.4 is 4.74 Å². The number of hydrogen-bond donors (Lipinski definition) is 1. The third-order valence-corrected chi connectivity index (χ3v) is 1.48. The average Bonchev–Trinajstić information content (AvgIpc) is 2.66. The molecule has 1 radical (unpaired) electrons. The van der Waals surface area contributed by atoms with Gasteiger partial charge in [-0.05, 0) is 0 Å². The van der Waals surface area contributed by atoms with Crippen molar-refractivity contribution in [2.45, 2.75) is 19.8 Å². The van der Waals surface area contributed by atoms with Gasteiger partial charge < -0.3 is 9.47 Å². The molecule has 0 saturated carbocycles. The molecular weight excluding hydrogens is 319 g/mol. The largest absolute Gasteiger partial charge is 0.406 e. The molecule has 0 spiro atoms. The topological polar surface area (TPSA) is 98.4 Å². The van der Waals surface area contributed by atoms with Crippen molar-refractivity contribution in [3.05, 3.63) is 12.3 Å². The quantitative estimate of drug-likeness (QED) is 0.481. The summed E-state index contributed by atoms with van der Waals surface area (Å²) < 4.78 is 8.96. The van der Waals surface area contributed by atoms with E-state index in [4.69, 9.17) is 4.74 Å². The molecule has 1 heterocycles. The van der Waals surface area contributed by atoms with Gasteiger partial charge in [0.15, 0.2) is 0 Å². The van der Waals surface area contributed by atoms with Crippen LogP contribution in [0.15, 0.2) is 12.3 Å². The summed E-state index contributed by atoms with van der Waals surface area (Å²) >= 11 is 0. The first-order valence-corrected chi connectivity index (χ1v) is 4.49. The Balaban J connectivity index is 0.00000256. The fourth-order valence-electron chi connectivity index (χ4n) is 0.887. The van der Waals surface area contributed by atoms with E-state index in [1.54, 1.807) is 0 Å². The molecule has 7 nitrogen and oxygen atoms in total. The average molecular weight is 329 g/mol. The van der Waals surface area contributed by atoms with Crippen molar-refractivity contribution in [2.75, 3.05) is 0 Å². The standard InChI is InChI=1S/C9H10N2O5.Rh/c1-6(12)15-8(13)2-3-9(14)16-7-4-5-10-11-7;/h4-5H,2-3H2,1H3,(H,10,11);. The third-order valence-electron chi connectivity index (χ3n) is 1.48. The van der Waals surface area contributed by atoms with Crippen LogP contribution in [0, 0.1) is 0 Å². The zero-order valence-corrected chi connectivity index (χ0v) is 10.5. The molecule has 0 unspecified atom stereocenters. The molecule has 0 saturated heterocycles. The van der Waals surface area contributed by atoms with Crippen LogP contribution in [0.4, 0.5) is 0 Å². The van der Waals surface area contributed by atoms with Crippen molar-refractivity contribution in [1.82, 2.24) is 10.2 Å². The molecule has 1 aromatic rings. The van der Waals surface area contributed by atoms with Gasteiger partial charge in [0.25, 0.3) is 0 Å². The van der Waals surface area contributed by atoms with Crippen molar-refractivity contribution in [3.8, 4) is 5.88 Å². The predicted molar refractivity (Wildman–Crippen MR) is 50.2 cm³/mol. The number of carbonyl (C=O) groups is 3. The molecule has 1 aromatic heterocycles. The Labute approximate surface area is 110 Å². The normalized spacial score (nSPS) is 9.00. The number of nitrogens with zero attached hydrogens (tertiary/aromatic N) is 1. The van der Waals surface area contributed by atoms with Crippen molar-refractivity contribution < 1.29 is 43.3 Å². The Hall–Kier alpha value is -1.56. The van der Waals surface area contributed by atoms with E-state index in [0.717, 1.165) is 6.92 Å². The Morgan fingerprint density at radius 2 is 1.94 bits per heavy atom. The summed E-state index contributed by atoms with van der Waals surface area (Å²) in [7, 11) is 0. The molecule has 0 aliphatic rings. The van der Waals surface area contributed by atoms with Gasteiger partial charge in [-0.1, -0.05) is 0 Å². The molecule has 0 bridgehead atoms. The van der Waals surface area contributed by atoms with Gasteiger partial charge in [0.05, 0.1) is 12.8 Å². The summed E-state index contributed by atoms with van der Waals surface area (Å²) in [6.45, 7) is 1.11. The van der Waals surface area contributed by atoms with Crippen molar-refractivity contribution in [1.29, 1.82) is 0 Å². The van der Waals surface area contributed by atoms with E-state index in [-0.39, 0.29) is 38.2 Å². The molecule has 95 valence electrons. The molecule has 0 fully saturated rings. The molecule has 1 rings (SSSR count). The maximum Gasteiger partial charge on any atom is 0.314 e. The maximum absolute atomic E-state index is 11.1. The third kappa shape index (κ3) is 6.57. The van der Waals surface area contributed by atoms with Gasteiger partial charge in [0, 0.05) is 38.7 Å². The van der Waals surface area contributed by atoms with Crippen LogP contribution in [0.2, 0.25) is 0 Å². The minimum atomic E-state index is -0.758. The smallest absolute Gasteiger partial charge is 0.314 e. The Kier molecular flexibility index (Phi) is 6.97. The van der Waals surface area contributed by atoms with Crippen molar-refractivity contribution >= 4 is 17.9 Å². The monoisotopic (exact) mass is 329 g/mol. The number of hydrogen-bond acceptors (Lipinski definition) is 6. The van der Waals surface area contributed by atoms with Crippen LogP contribution in [-0.4, -0.2) is 28.1 Å². The van der Waals surface area contributed by atoms with Gasteiger partial charge in [-0.3, -0.25) is 19.5 Å². The molecule has 8 heteroatoms. The first-order valence-electron chi connectivity index (χ1n) is 4.49. The molecular formula is C9H10N2O5Rh. The van der Waals surface area contributed by atoms with E-state index in [2.05, 4.69) is 14.9 Å². The summed E-state index contributed by atoms with van der Waals surface area (Å²) in [6, 6.07) is 1.46. The number of ether oxygens (including phenoxy) is 2. The molecule has 0 amide bonds. The Morgan fingerprint density at radius 3 is 2.47 bits per heavy atom. The van der Waals surface area contributed by atoms with E-state index in [1.165, 1.54) is 12.3 Å². The van der Waals surface area contributed by atoms with Crippen LogP contribution in [0.5, 0.6) is 5.88 Å². The second kappa shape index (κ2) is 7.67. The minimum Gasteiger partial charge on any atom is -0.406 e. The first-order chi connectivity index (χ1) is 7.58. The minimum absolute atomic E-state index is 0. The number of carbonyl (C=O) groups excluding carboxylic acids is 3. The summed E-state index contributed by atoms with van der Waals surface area (Å²) in [4.78, 5) is 32.4. The van der Waals surface area contributed by atoms with Crippen LogP contribution >= 0.6 is 0 Å². The molecule has 0 aliphatic carbocycles. The summed E-state index contributed by atoms with van der Waals surface area (Å²) in [5, 5.41) is 6.06. The van der Waals surface area contributed by atoms with E-state index >= 15 is 0 Å². The summed E-state index contributed by atoms with van der Waals surface area (Å²) in [6.07, 6.45) is 1.12. The number of esters is 3. The zero-order valence-electron chi connectivity index (χ0n) is 8.89. The number of nitrogens with one attached hydrogen (secondary N) is 1. The van der Waals surface area contributed by atoms with E-state index in [9.17, 15) is 14.4 Å². The van der Waals surface area contributed by atoms with Crippen LogP contribution in [0.3, 0.4) is 0 Å². The number of rotatable bonds is 4. The predicted octanol–water partition coefficient (Wildman–Crippen LogP) is 0.182. The molecule has 1 N–H and O–H groups in total. The van der Waals surface area contributed by atoms with Crippen LogP contribution in [-0.2, 0) is 38.6 Å². The van der Waals surface area contributed by atoms with Gasteiger partial charge in [-0.25, -0.2) is 0 Å². The fraction of sp³-hybridized carbons (Fsp3) is 0.333. The zero-order chi connectivity index (χ0) is 12.0. The van der Waals surface area contributed by atoms with Gasteiger partial charge in [-0.2, -0.15) is 0 Å². The van der Waals surface area contributed by atoms with Gasteiger partial charge in [0.2, 0.25) is 5.88 Å². The van der Waals surface area contributed by atoms with Crippen LogP contribution in [0.1, 0.15) is 19.8 Å². The Bertz CT molecular complexity index is 390. The van der Waals surface area contributed by atoms with Gasteiger partial charge in [0.1, 0.15) is 0 Å². The van der Waals surface area contributed by atoms with Gasteiger partial charge in [-0.15, -0.1) is 5.10 Å². The SMILES string of the molecule is CC(=O)OC(=O)CCC(=O)Oc1cc[nH]n1.[Rh]. The Morgan fingerprint density at radius 1 is 1.29 bits per heavy atom. The molecule has 0 aromatic carbocycles. The summed E-state index contributed by atoms with van der Waals surface area (Å²) in [5.41, 5.74) is 0. The van der Waals surface area contributed by atoms with E-state index in [0.29, 0.717) is 0 Å². The number of H-pyrrole nitrogens is 1.